The van der Waals surface area contributed by atoms with Crippen LogP contribution in [0.2, 0.25) is 0 Å². The van der Waals surface area contributed by atoms with Crippen LogP contribution in [0.15, 0.2) is 24.3 Å². The van der Waals surface area contributed by atoms with Crippen molar-refractivity contribution in [2.24, 2.45) is 0 Å². The zero-order chi connectivity index (χ0) is 13.4. The normalized spacial score (nSPS) is 12.2. The lowest BCUT2D eigenvalue weighted by molar-refractivity contribution is -0.144. The van der Waals surface area contributed by atoms with Crippen LogP contribution in [0.25, 0.3) is 0 Å². The van der Waals surface area contributed by atoms with Crippen molar-refractivity contribution >= 4 is 17.7 Å². The van der Waals surface area contributed by atoms with Crippen LogP contribution >= 0.6 is 11.8 Å². The molecule has 4 heteroatoms. The summed E-state index contributed by atoms with van der Waals surface area (Å²) in [4.78, 5) is 11.1. The van der Waals surface area contributed by atoms with Crippen molar-refractivity contribution in [1.29, 1.82) is 0 Å². The number of esters is 1. The van der Waals surface area contributed by atoms with Gasteiger partial charge in [-0.1, -0.05) is 29.8 Å². The van der Waals surface area contributed by atoms with Crippen LogP contribution in [0.4, 0.5) is 0 Å². The minimum absolute atomic E-state index is 0.0780. The Morgan fingerprint density at radius 3 is 2.94 bits per heavy atom. The van der Waals surface area contributed by atoms with Crippen molar-refractivity contribution in [3.8, 4) is 0 Å². The smallest absolute Gasteiger partial charge is 0.308 e. The maximum absolute atomic E-state index is 11.1. The summed E-state index contributed by atoms with van der Waals surface area (Å²) in [7, 11) is 0. The molecule has 3 nitrogen and oxygen atoms in total. The van der Waals surface area contributed by atoms with Gasteiger partial charge in [0.05, 0.1) is 19.1 Å². The number of benzene rings is 1. The zero-order valence-corrected chi connectivity index (χ0v) is 11.7. The highest BCUT2D eigenvalue weighted by molar-refractivity contribution is 7.98. The molecule has 0 fully saturated rings. The van der Waals surface area contributed by atoms with E-state index < -0.39 is 6.10 Å². The van der Waals surface area contributed by atoms with Crippen molar-refractivity contribution in [3.05, 3.63) is 35.4 Å². The third-order valence-electron chi connectivity index (χ3n) is 2.37. The van der Waals surface area contributed by atoms with Gasteiger partial charge in [-0.25, -0.2) is 0 Å². The van der Waals surface area contributed by atoms with Crippen LogP contribution < -0.4 is 0 Å². The second-order valence-corrected chi connectivity index (χ2v) is 5.20. The fraction of sp³-hybridized carbons (Fsp3) is 0.500. The number of carbonyl (C=O) groups excluding carboxylic acids is 1. The number of ether oxygens (including phenoxy) is 1. The average molecular weight is 268 g/mol. The largest absolute Gasteiger partial charge is 0.466 e. The van der Waals surface area contributed by atoms with Gasteiger partial charge in [-0.05, 0) is 19.4 Å². The molecule has 0 spiro atoms. The van der Waals surface area contributed by atoms with Crippen LogP contribution in [0.5, 0.6) is 0 Å². The summed E-state index contributed by atoms with van der Waals surface area (Å²) in [6.45, 7) is 4.18. The van der Waals surface area contributed by atoms with Crippen molar-refractivity contribution in [1.82, 2.24) is 0 Å². The van der Waals surface area contributed by atoms with E-state index in [-0.39, 0.29) is 12.4 Å². The maximum atomic E-state index is 11.1. The molecule has 0 amide bonds. The lowest BCUT2D eigenvalue weighted by Gasteiger charge is -2.09. The summed E-state index contributed by atoms with van der Waals surface area (Å²) in [6.07, 6.45) is -0.548. The van der Waals surface area contributed by atoms with Crippen LogP contribution in [-0.4, -0.2) is 29.5 Å². The second kappa shape index (κ2) is 8.16. The Morgan fingerprint density at radius 1 is 1.50 bits per heavy atom. The molecule has 0 heterocycles. The zero-order valence-electron chi connectivity index (χ0n) is 10.9. The van der Waals surface area contributed by atoms with Crippen LogP contribution in [-0.2, 0) is 15.3 Å². The molecule has 1 unspecified atom stereocenters. The van der Waals surface area contributed by atoms with E-state index in [1.165, 1.54) is 11.1 Å². The maximum Gasteiger partial charge on any atom is 0.308 e. The lowest BCUT2D eigenvalue weighted by Crippen LogP contribution is -2.17. The predicted octanol–water partition coefficient (Wildman–Crippen LogP) is 2.54. The molecule has 100 valence electrons. The topological polar surface area (TPSA) is 46.5 Å². The summed E-state index contributed by atoms with van der Waals surface area (Å²) in [5.41, 5.74) is 2.48. The van der Waals surface area contributed by atoms with Gasteiger partial charge in [0, 0.05) is 11.5 Å². The Kier molecular flexibility index (Phi) is 6.83. The number of carbonyl (C=O) groups is 1. The van der Waals surface area contributed by atoms with Gasteiger partial charge in [0.2, 0.25) is 0 Å². The highest BCUT2D eigenvalue weighted by Gasteiger charge is 2.11. The van der Waals surface area contributed by atoms with Gasteiger partial charge >= 0.3 is 5.97 Å². The number of aryl methyl sites for hydroxylation is 1. The lowest BCUT2D eigenvalue weighted by atomic mass is 10.2. The molecule has 1 rings (SSSR count). The third-order valence-corrected chi connectivity index (χ3v) is 3.53. The van der Waals surface area contributed by atoms with Crippen molar-refractivity contribution in [2.45, 2.75) is 32.1 Å². The molecule has 1 atom stereocenters. The SMILES string of the molecule is CCOC(=O)CC(O)CSCc1cccc(C)c1. The molecule has 0 aliphatic rings. The first-order valence-corrected chi connectivity index (χ1v) is 7.24. The number of thioether (sulfide) groups is 1. The van der Waals surface area contributed by atoms with Gasteiger partial charge in [-0.3, -0.25) is 4.79 Å². The Hall–Kier alpha value is -1.00. The molecule has 0 saturated carbocycles. The monoisotopic (exact) mass is 268 g/mol. The first-order chi connectivity index (χ1) is 8.61. The van der Waals surface area contributed by atoms with E-state index in [0.29, 0.717) is 12.4 Å². The Morgan fingerprint density at radius 2 is 2.28 bits per heavy atom. The molecule has 0 bridgehead atoms. The summed E-state index contributed by atoms with van der Waals surface area (Å²) in [5.74, 6) is 1.06. The molecular formula is C14H20O3S. The Labute approximate surface area is 113 Å². The molecule has 18 heavy (non-hydrogen) atoms. The minimum Gasteiger partial charge on any atom is -0.466 e. The van der Waals surface area contributed by atoms with Gasteiger partial charge in [0.15, 0.2) is 0 Å². The summed E-state index contributed by atoms with van der Waals surface area (Å²) < 4.78 is 4.78. The highest BCUT2D eigenvalue weighted by Crippen LogP contribution is 2.15. The molecule has 0 aliphatic heterocycles. The first-order valence-electron chi connectivity index (χ1n) is 6.08. The van der Waals surface area contributed by atoms with Gasteiger partial charge in [0.25, 0.3) is 0 Å². The Balaban J connectivity index is 2.23. The number of hydrogen-bond acceptors (Lipinski definition) is 4. The second-order valence-electron chi connectivity index (χ2n) is 4.17. The minimum atomic E-state index is -0.626. The number of aliphatic hydroxyl groups excluding tert-OH is 1. The van der Waals surface area contributed by atoms with Crippen molar-refractivity contribution < 1.29 is 14.6 Å². The number of hydrogen-bond donors (Lipinski definition) is 1. The van der Waals surface area contributed by atoms with E-state index in [1.807, 2.05) is 6.07 Å². The quantitative estimate of drug-likeness (QED) is 0.772. The van der Waals surface area contributed by atoms with E-state index in [0.717, 1.165) is 5.75 Å². The fourth-order valence-corrected chi connectivity index (χ4v) is 2.51. The standard InChI is InChI=1S/C14H20O3S/c1-3-17-14(16)8-13(15)10-18-9-12-6-4-5-11(2)7-12/h4-7,13,15H,3,8-10H2,1-2H3. The van der Waals surface area contributed by atoms with E-state index >= 15 is 0 Å². The molecule has 0 aliphatic carbocycles. The molecule has 0 saturated heterocycles. The number of aliphatic hydroxyl groups is 1. The van der Waals surface area contributed by atoms with Gasteiger partial charge in [-0.2, -0.15) is 11.8 Å². The van der Waals surface area contributed by atoms with Gasteiger partial charge < -0.3 is 9.84 Å². The molecule has 1 N–H and O–H groups in total. The summed E-state index contributed by atoms with van der Waals surface area (Å²) in [6, 6.07) is 8.28. The molecule has 1 aromatic carbocycles. The summed E-state index contributed by atoms with van der Waals surface area (Å²) in [5, 5.41) is 9.66. The molecular weight excluding hydrogens is 248 g/mol. The number of rotatable bonds is 7. The first kappa shape index (κ1) is 15.1. The average Bonchev–Trinajstić information content (AvgIpc) is 2.29. The van der Waals surface area contributed by atoms with Gasteiger partial charge in [-0.15, -0.1) is 0 Å². The van der Waals surface area contributed by atoms with E-state index in [9.17, 15) is 9.90 Å². The van der Waals surface area contributed by atoms with Crippen LogP contribution in [0, 0.1) is 6.92 Å². The fourth-order valence-electron chi connectivity index (χ4n) is 1.59. The molecule has 0 aromatic heterocycles. The van der Waals surface area contributed by atoms with Crippen LogP contribution in [0.3, 0.4) is 0 Å². The van der Waals surface area contributed by atoms with Crippen molar-refractivity contribution in [2.75, 3.05) is 12.4 Å². The summed E-state index contributed by atoms with van der Waals surface area (Å²) >= 11 is 1.63. The van der Waals surface area contributed by atoms with Crippen LogP contribution in [0.1, 0.15) is 24.5 Å². The Bertz CT molecular complexity index is 379. The van der Waals surface area contributed by atoms with Crippen molar-refractivity contribution in [3.63, 3.8) is 0 Å². The van der Waals surface area contributed by atoms with E-state index in [2.05, 4.69) is 25.1 Å². The van der Waals surface area contributed by atoms with Gasteiger partial charge in [0.1, 0.15) is 0 Å². The molecule has 0 radical (unpaired) electrons. The highest BCUT2D eigenvalue weighted by atomic mass is 32.2. The van der Waals surface area contributed by atoms with E-state index in [1.54, 1.807) is 18.7 Å². The predicted molar refractivity (Wildman–Crippen MR) is 74.6 cm³/mol. The molecule has 1 aromatic rings. The van der Waals surface area contributed by atoms with E-state index in [4.69, 9.17) is 4.74 Å². The third kappa shape index (κ3) is 6.07.